The Balaban J connectivity index is 2.65. The van der Waals surface area contributed by atoms with Crippen molar-refractivity contribution >= 4 is 18.0 Å². The number of amides is 1. The largest absolute Gasteiger partial charge is 0.449 e. The van der Waals surface area contributed by atoms with Crippen LogP contribution in [0.25, 0.3) is 6.08 Å². The van der Waals surface area contributed by atoms with E-state index in [1.807, 2.05) is 0 Å². The zero-order valence-corrected chi connectivity index (χ0v) is 12.4. The first kappa shape index (κ1) is 18.5. The summed E-state index contributed by atoms with van der Waals surface area (Å²) in [4.78, 5) is 23.0. The van der Waals surface area contributed by atoms with E-state index in [2.05, 4.69) is 11.9 Å². The van der Waals surface area contributed by atoms with Gasteiger partial charge >= 0.3 is 12.1 Å². The Morgan fingerprint density at radius 1 is 1.39 bits per heavy atom. The van der Waals surface area contributed by atoms with E-state index in [0.717, 1.165) is 18.2 Å². The molecule has 1 amide bonds. The van der Waals surface area contributed by atoms with E-state index >= 15 is 0 Å². The van der Waals surface area contributed by atoms with E-state index in [-0.39, 0.29) is 12.1 Å². The third-order valence-electron chi connectivity index (χ3n) is 2.71. The number of nitrogens with one attached hydrogen (secondary N) is 1. The Morgan fingerprint density at radius 3 is 2.70 bits per heavy atom. The summed E-state index contributed by atoms with van der Waals surface area (Å²) < 4.78 is 42.5. The number of carbonyl (C=O) groups excluding carboxylic acids is 2. The van der Waals surface area contributed by atoms with Crippen LogP contribution in [0.3, 0.4) is 0 Å². The molecule has 0 saturated carbocycles. The predicted molar refractivity (Wildman–Crippen MR) is 79.2 cm³/mol. The lowest BCUT2D eigenvalue weighted by Crippen LogP contribution is -2.35. The van der Waals surface area contributed by atoms with Gasteiger partial charge in [-0.3, -0.25) is 4.79 Å². The minimum absolute atomic E-state index is 0.195. The summed E-state index contributed by atoms with van der Waals surface area (Å²) in [6, 6.07) is 4.49. The summed E-state index contributed by atoms with van der Waals surface area (Å²) in [5.41, 5.74) is -0.620. The number of hydrogen-bond acceptors (Lipinski definition) is 3. The monoisotopic (exact) mass is 327 g/mol. The second-order valence-electron chi connectivity index (χ2n) is 4.57. The summed E-state index contributed by atoms with van der Waals surface area (Å²) in [6.07, 6.45) is -1.85. The molecule has 0 aliphatic carbocycles. The smallest absolute Gasteiger partial charge is 0.416 e. The topological polar surface area (TPSA) is 55.4 Å². The summed E-state index contributed by atoms with van der Waals surface area (Å²) in [5, 5.41) is 2.45. The van der Waals surface area contributed by atoms with Crippen LogP contribution in [0.5, 0.6) is 0 Å². The fraction of sp³-hybridized carbons (Fsp3) is 0.250. The molecule has 0 fully saturated rings. The highest BCUT2D eigenvalue weighted by molar-refractivity contribution is 5.90. The molecule has 1 unspecified atom stereocenters. The zero-order chi connectivity index (χ0) is 17.5. The molecule has 0 saturated heterocycles. The van der Waals surface area contributed by atoms with Gasteiger partial charge in [0, 0.05) is 12.6 Å². The molecule has 4 nitrogen and oxygen atoms in total. The summed E-state index contributed by atoms with van der Waals surface area (Å²) in [5.74, 6) is -1.32. The normalized spacial score (nSPS) is 12.7. The molecule has 0 aromatic heterocycles. The van der Waals surface area contributed by atoms with E-state index in [9.17, 15) is 22.8 Å². The Kier molecular flexibility index (Phi) is 6.56. The van der Waals surface area contributed by atoms with E-state index < -0.39 is 29.7 Å². The molecule has 0 aliphatic heterocycles. The van der Waals surface area contributed by atoms with Gasteiger partial charge in [-0.05, 0) is 30.7 Å². The second-order valence-corrected chi connectivity index (χ2v) is 4.57. The van der Waals surface area contributed by atoms with Crippen LogP contribution >= 0.6 is 0 Å². The van der Waals surface area contributed by atoms with Crippen molar-refractivity contribution in [2.45, 2.75) is 19.2 Å². The quantitative estimate of drug-likeness (QED) is 0.496. The van der Waals surface area contributed by atoms with Gasteiger partial charge in [0.05, 0.1) is 5.56 Å². The summed E-state index contributed by atoms with van der Waals surface area (Å²) >= 11 is 0. The molecule has 7 heteroatoms. The first-order valence-corrected chi connectivity index (χ1v) is 6.68. The molecule has 1 rings (SSSR count). The van der Waals surface area contributed by atoms with Crippen molar-refractivity contribution in [3.63, 3.8) is 0 Å². The van der Waals surface area contributed by atoms with E-state index in [1.165, 1.54) is 31.2 Å². The molecule has 1 aromatic rings. The van der Waals surface area contributed by atoms with Crippen LogP contribution < -0.4 is 5.32 Å². The maximum atomic E-state index is 12.6. The highest BCUT2D eigenvalue weighted by atomic mass is 19.4. The van der Waals surface area contributed by atoms with Gasteiger partial charge in [-0.2, -0.15) is 13.2 Å². The van der Waals surface area contributed by atoms with Crippen molar-refractivity contribution in [2.24, 2.45) is 0 Å². The lowest BCUT2D eigenvalue weighted by atomic mass is 10.1. The lowest BCUT2D eigenvalue weighted by molar-refractivity contribution is -0.150. The van der Waals surface area contributed by atoms with Gasteiger partial charge in [0.15, 0.2) is 6.10 Å². The fourth-order valence-electron chi connectivity index (χ4n) is 1.57. The third-order valence-corrected chi connectivity index (χ3v) is 2.71. The summed E-state index contributed by atoms with van der Waals surface area (Å²) in [6.45, 7) is 5.05. The van der Waals surface area contributed by atoms with Crippen molar-refractivity contribution in [1.82, 2.24) is 5.32 Å². The average Bonchev–Trinajstić information content (AvgIpc) is 2.50. The third kappa shape index (κ3) is 6.37. The van der Waals surface area contributed by atoms with Crippen LogP contribution in [0.1, 0.15) is 18.1 Å². The molecule has 124 valence electrons. The van der Waals surface area contributed by atoms with Crippen molar-refractivity contribution in [3.05, 3.63) is 54.1 Å². The van der Waals surface area contributed by atoms with Crippen LogP contribution in [0.15, 0.2) is 43.0 Å². The minimum Gasteiger partial charge on any atom is -0.449 e. The van der Waals surface area contributed by atoms with Gasteiger partial charge in [-0.25, -0.2) is 4.79 Å². The number of rotatable bonds is 6. The minimum atomic E-state index is -4.46. The van der Waals surface area contributed by atoms with Gasteiger partial charge in [0.25, 0.3) is 5.91 Å². The molecule has 0 spiro atoms. The highest BCUT2D eigenvalue weighted by Crippen LogP contribution is 2.29. The average molecular weight is 327 g/mol. The number of esters is 1. The lowest BCUT2D eigenvalue weighted by Gasteiger charge is -2.11. The molecule has 0 aliphatic rings. The Hall–Kier alpha value is -2.57. The summed E-state index contributed by atoms with van der Waals surface area (Å²) in [7, 11) is 0. The molecule has 0 radical (unpaired) electrons. The molecule has 1 N–H and O–H groups in total. The van der Waals surface area contributed by atoms with Gasteiger partial charge in [-0.15, -0.1) is 6.58 Å². The van der Waals surface area contributed by atoms with Crippen LogP contribution in [-0.2, 0) is 20.5 Å². The maximum Gasteiger partial charge on any atom is 0.416 e. The van der Waals surface area contributed by atoms with Crippen molar-refractivity contribution in [1.29, 1.82) is 0 Å². The fourth-order valence-corrected chi connectivity index (χ4v) is 1.57. The number of carbonyl (C=O) groups is 2. The van der Waals surface area contributed by atoms with E-state index in [0.29, 0.717) is 0 Å². The number of ether oxygens (including phenoxy) is 1. The molecule has 0 heterocycles. The zero-order valence-electron chi connectivity index (χ0n) is 12.4. The number of hydrogen-bond donors (Lipinski definition) is 1. The van der Waals surface area contributed by atoms with Gasteiger partial charge in [-0.1, -0.05) is 18.2 Å². The Bertz CT molecular complexity index is 609. The number of halogens is 3. The van der Waals surface area contributed by atoms with Gasteiger partial charge in [0.1, 0.15) is 0 Å². The molecular formula is C16H16F3NO3. The van der Waals surface area contributed by atoms with Gasteiger partial charge in [0.2, 0.25) is 0 Å². The first-order chi connectivity index (χ1) is 10.7. The van der Waals surface area contributed by atoms with Crippen LogP contribution in [0.4, 0.5) is 13.2 Å². The molecule has 1 aromatic carbocycles. The Morgan fingerprint density at radius 2 is 2.09 bits per heavy atom. The molecule has 1 atom stereocenters. The first-order valence-electron chi connectivity index (χ1n) is 6.68. The standard InChI is InChI=1S/C16H16F3NO3/c1-3-9-20-15(22)11(2)23-14(21)8-7-12-5-4-6-13(10-12)16(17,18)19/h3-8,10-11H,1,9H2,2H3,(H,20,22)/b8-7+. The predicted octanol–water partition coefficient (Wildman–Crippen LogP) is 2.95. The van der Waals surface area contributed by atoms with Gasteiger partial charge < -0.3 is 10.1 Å². The van der Waals surface area contributed by atoms with Crippen LogP contribution in [0.2, 0.25) is 0 Å². The van der Waals surface area contributed by atoms with Crippen molar-refractivity contribution in [2.75, 3.05) is 6.54 Å². The van der Waals surface area contributed by atoms with E-state index in [1.54, 1.807) is 0 Å². The highest BCUT2D eigenvalue weighted by Gasteiger charge is 2.30. The maximum absolute atomic E-state index is 12.6. The number of benzene rings is 1. The number of alkyl halides is 3. The van der Waals surface area contributed by atoms with Crippen molar-refractivity contribution in [3.8, 4) is 0 Å². The SMILES string of the molecule is C=CCNC(=O)C(C)OC(=O)/C=C/c1cccc(C(F)(F)F)c1. The van der Waals surface area contributed by atoms with Crippen LogP contribution in [0, 0.1) is 0 Å². The van der Waals surface area contributed by atoms with Crippen molar-refractivity contribution < 1.29 is 27.5 Å². The Labute approximate surface area is 131 Å². The van der Waals surface area contributed by atoms with Crippen LogP contribution in [-0.4, -0.2) is 24.5 Å². The van der Waals surface area contributed by atoms with E-state index in [4.69, 9.17) is 4.74 Å². The molecule has 0 bridgehead atoms. The second kappa shape index (κ2) is 8.17. The molecular weight excluding hydrogens is 311 g/mol. The molecule has 23 heavy (non-hydrogen) atoms.